The fourth-order valence-corrected chi connectivity index (χ4v) is 0.361. The summed E-state index contributed by atoms with van der Waals surface area (Å²) in [5.74, 6) is 0. The van der Waals surface area contributed by atoms with Gasteiger partial charge in [-0.1, -0.05) is 0 Å². The monoisotopic (exact) mass is 85.1 g/mol. The quantitative estimate of drug-likeness (QED) is 0.376. The highest BCUT2D eigenvalue weighted by Crippen LogP contribution is 1.82. The van der Waals surface area contributed by atoms with E-state index in [1.54, 1.807) is 0 Å². The molecule has 4 heteroatoms. The average molecular weight is 84.9 g/mol. The van der Waals surface area contributed by atoms with E-state index in [1.807, 2.05) is 0 Å². The Bertz CT molecular complexity index is 23.1. The highest BCUT2D eigenvalue weighted by molar-refractivity contribution is 6.32. The van der Waals surface area contributed by atoms with Crippen LogP contribution in [0.15, 0.2) is 0 Å². The Hall–Kier alpha value is -0.0551. The summed E-state index contributed by atoms with van der Waals surface area (Å²) in [6, 6.07) is 0. The van der Waals surface area contributed by atoms with Gasteiger partial charge in [-0.15, -0.1) is 0 Å². The molecule has 0 saturated carbocycles. The van der Waals surface area contributed by atoms with Crippen molar-refractivity contribution in [1.82, 2.24) is 11.5 Å². The van der Waals surface area contributed by atoms with Crippen molar-refractivity contribution in [1.29, 1.82) is 0 Å². The second-order valence-corrected chi connectivity index (χ2v) is 1.10. The average Bonchev–Trinajstić information content (AvgIpc) is 1.76. The van der Waals surface area contributed by atoms with E-state index in [0.29, 0.717) is 0 Å². The van der Waals surface area contributed by atoms with E-state index in [9.17, 15) is 0 Å². The van der Waals surface area contributed by atoms with Crippen LogP contribution in [0, 0.1) is 0 Å². The lowest BCUT2D eigenvalue weighted by Crippen LogP contribution is -2.05. The summed E-state index contributed by atoms with van der Waals surface area (Å²) in [7, 11) is 1.03. The molecule has 0 aromatic rings. The van der Waals surface area contributed by atoms with Crippen molar-refractivity contribution in [2.75, 3.05) is 6.61 Å². The fourth-order valence-electron chi connectivity index (χ4n) is 0.361. The van der Waals surface area contributed by atoms with Gasteiger partial charge in [0, 0.05) is 6.15 Å². The Morgan fingerprint density at radius 1 is 1.67 bits per heavy atom. The molecule has 1 heterocycles. The van der Waals surface area contributed by atoms with E-state index in [0.717, 1.165) is 14.0 Å². The molecule has 0 aliphatic carbocycles. The lowest BCUT2D eigenvalue weighted by Gasteiger charge is -1.80. The molecule has 0 spiro atoms. The van der Waals surface area contributed by atoms with E-state index in [2.05, 4.69) is 5.39 Å². The van der Waals surface area contributed by atoms with Crippen LogP contribution < -0.4 is 11.5 Å². The molecule has 1 saturated heterocycles. The Morgan fingerprint density at radius 2 is 2.50 bits per heavy atom. The molecule has 0 unspecified atom stereocenters. The molecule has 3 radical (unpaired) electrons. The van der Waals surface area contributed by atoms with Crippen molar-refractivity contribution >= 4 is 7.41 Å². The minimum Gasteiger partial charge on any atom is -0.314 e. The van der Waals surface area contributed by atoms with Crippen LogP contribution in [-0.2, 0) is 4.84 Å². The maximum atomic E-state index is 4.69. The largest absolute Gasteiger partial charge is 0.314 e. The lowest BCUT2D eigenvalue weighted by molar-refractivity contribution is 0.128. The van der Waals surface area contributed by atoms with E-state index in [1.165, 1.54) is 6.32 Å². The van der Waals surface area contributed by atoms with E-state index in [4.69, 9.17) is 4.84 Å². The number of rotatable bonds is 0. The first-order valence-corrected chi connectivity index (χ1v) is 1.85. The maximum Gasteiger partial charge on any atom is 0.236 e. The second kappa shape index (κ2) is 3.15. The van der Waals surface area contributed by atoms with E-state index in [-0.39, 0.29) is 6.15 Å². The zero-order chi connectivity index (χ0) is 3.54. The Morgan fingerprint density at radius 3 is 2.67 bits per heavy atom. The van der Waals surface area contributed by atoms with E-state index < -0.39 is 0 Å². The molecule has 0 bridgehead atoms. The topological polar surface area (TPSA) is 51.8 Å². The molecule has 3 nitrogen and oxygen atoms in total. The number of nitrogens with one attached hydrogen (secondary N) is 1. The van der Waals surface area contributed by atoms with Crippen molar-refractivity contribution in [2.24, 2.45) is 0 Å². The predicted molar refractivity (Wildman–Crippen MR) is 23.2 cm³/mol. The van der Waals surface area contributed by atoms with Gasteiger partial charge in [0.25, 0.3) is 0 Å². The third kappa shape index (κ3) is 1.40. The second-order valence-electron chi connectivity index (χ2n) is 1.10. The summed E-state index contributed by atoms with van der Waals surface area (Å²) in [5, 5.41) is 2.72. The molecule has 0 aromatic heterocycles. The molecule has 1 aliphatic heterocycles. The molecule has 1 fully saturated rings. The van der Waals surface area contributed by atoms with Gasteiger partial charge in [-0.2, -0.15) is 0 Å². The molecule has 1 aliphatic rings. The van der Waals surface area contributed by atoms with Crippen LogP contribution in [0.4, 0.5) is 0 Å². The molecule has 1 rings (SSSR count). The highest BCUT2D eigenvalue weighted by atomic mass is 16.6. The lowest BCUT2D eigenvalue weighted by atomic mass is 9.94. The van der Waals surface area contributed by atoms with Gasteiger partial charge in [-0.05, 0) is 6.32 Å². The summed E-state index contributed by atoms with van der Waals surface area (Å²) >= 11 is 0. The van der Waals surface area contributed by atoms with Crippen molar-refractivity contribution in [3.05, 3.63) is 0 Å². The third-order valence-corrected chi connectivity index (χ3v) is 0.627. The van der Waals surface area contributed by atoms with Crippen LogP contribution in [0.2, 0.25) is 6.32 Å². The van der Waals surface area contributed by atoms with Crippen LogP contribution in [-0.4, -0.2) is 14.0 Å². The smallest absolute Gasteiger partial charge is 0.236 e. The number of hydrogen-bond donors (Lipinski definition) is 1. The maximum absolute atomic E-state index is 4.69. The number of nitrogens with zero attached hydrogens (tertiary/aromatic N) is 1. The minimum absolute atomic E-state index is 0. The van der Waals surface area contributed by atoms with Gasteiger partial charge in [0.2, 0.25) is 7.41 Å². The van der Waals surface area contributed by atoms with E-state index >= 15 is 0 Å². The van der Waals surface area contributed by atoms with Gasteiger partial charge in [-0.3, -0.25) is 0 Å². The first-order chi connectivity index (χ1) is 2.50. The van der Waals surface area contributed by atoms with Gasteiger partial charge in [0.1, 0.15) is 0 Å². The van der Waals surface area contributed by atoms with Crippen LogP contribution in [0.3, 0.4) is 0 Å². The third-order valence-electron chi connectivity index (χ3n) is 0.627. The Balaban J connectivity index is 0.000000250. The molecular weight excluding hydrogens is 78.8 g/mol. The van der Waals surface area contributed by atoms with Crippen molar-refractivity contribution in [3.63, 3.8) is 0 Å². The molecule has 1 N–H and O–H groups in total. The van der Waals surface area contributed by atoms with Crippen LogP contribution in [0.25, 0.3) is 0 Å². The summed E-state index contributed by atoms with van der Waals surface area (Å²) < 4.78 is 0. The zero-order valence-electron chi connectivity index (χ0n) is 3.48. The zero-order valence-corrected chi connectivity index (χ0v) is 3.48. The number of hydrogen-bond acceptors (Lipinski definition) is 2. The van der Waals surface area contributed by atoms with Crippen LogP contribution in [0.1, 0.15) is 0 Å². The standard InChI is InChI=1S/C2H6BNO.N/c1-2-5-4-3-1;/h3-4H,1-2H2;. The summed E-state index contributed by atoms with van der Waals surface area (Å²) in [6.07, 6.45) is 1.17. The first-order valence-electron chi connectivity index (χ1n) is 1.85. The summed E-state index contributed by atoms with van der Waals surface area (Å²) in [6.45, 7) is 0.889. The van der Waals surface area contributed by atoms with Gasteiger partial charge in [-0.25, -0.2) is 5.39 Å². The summed E-state index contributed by atoms with van der Waals surface area (Å²) in [5.41, 5.74) is 0. The first kappa shape index (κ1) is 5.94. The van der Waals surface area contributed by atoms with Crippen LogP contribution in [0.5, 0.6) is 0 Å². The normalized spacial score (nSPS) is 18.7. The molecular formula is C2H6BN2O. The van der Waals surface area contributed by atoms with Crippen LogP contribution >= 0.6 is 0 Å². The van der Waals surface area contributed by atoms with Crippen molar-refractivity contribution in [2.45, 2.75) is 6.32 Å². The van der Waals surface area contributed by atoms with Gasteiger partial charge >= 0.3 is 0 Å². The van der Waals surface area contributed by atoms with Gasteiger partial charge < -0.3 is 4.84 Å². The van der Waals surface area contributed by atoms with Gasteiger partial charge in [0.05, 0.1) is 6.61 Å². The van der Waals surface area contributed by atoms with Crippen molar-refractivity contribution in [3.8, 4) is 0 Å². The molecule has 0 atom stereocenters. The fraction of sp³-hybridized carbons (Fsp3) is 1.00. The molecule has 0 amide bonds. The SMILES string of the molecule is B1CCON1.[N]. The Kier molecular flexibility index (Phi) is 3.12. The minimum atomic E-state index is 0. The molecule has 0 aromatic carbocycles. The molecule has 6 heavy (non-hydrogen) atoms. The summed E-state index contributed by atoms with van der Waals surface area (Å²) in [4.78, 5) is 4.69. The Labute approximate surface area is 37.9 Å². The van der Waals surface area contributed by atoms with Gasteiger partial charge in [0.15, 0.2) is 0 Å². The highest BCUT2D eigenvalue weighted by Gasteiger charge is 1.96. The molecule has 33 valence electrons. The van der Waals surface area contributed by atoms with Crippen molar-refractivity contribution < 1.29 is 4.84 Å². The predicted octanol–water partition coefficient (Wildman–Crippen LogP) is -1.19.